The lowest BCUT2D eigenvalue weighted by atomic mass is 9.79. The van der Waals surface area contributed by atoms with Crippen molar-refractivity contribution in [3.63, 3.8) is 0 Å². The fourth-order valence-electron chi connectivity index (χ4n) is 4.39. The molecule has 5 heteroatoms. The molecular weight excluding hydrogens is 328 g/mol. The van der Waals surface area contributed by atoms with Crippen molar-refractivity contribution in [2.45, 2.75) is 76.6 Å². The Kier molecular flexibility index (Phi) is 5.58. The summed E-state index contributed by atoms with van der Waals surface area (Å²) in [6, 6.07) is 7.58. The standard InChI is InChI=1S/C21H32N2O3/c1-20(2)12-16(13-21(3,4)23-20)22-19(24)15-7-5-8-17(11-15)26-14-18-9-6-10-25-18/h5,7-8,11,16,18,23H,6,9-10,12-14H2,1-4H3,(H,22,24)/t18-/m1/s1. The van der Waals surface area contributed by atoms with Crippen LogP contribution in [0.5, 0.6) is 5.75 Å². The number of benzene rings is 1. The normalized spacial score (nSPS) is 25.0. The quantitative estimate of drug-likeness (QED) is 0.846. The van der Waals surface area contributed by atoms with Gasteiger partial charge in [0.25, 0.3) is 5.91 Å². The molecular formula is C21H32N2O3. The maximum atomic E-state index is 12.7. The summed E-state index contributed by atoms with van der Waals surface area (Å²) < 4.78 is 11.4. The fraction of sp³-hybridized carbons (Fsp3) is 0.667. The van der Waals surface area contributed by atoms with E-state index in [2.05, 4.69) is 38.3 Å². The van der Waals surface area contributed by atoms with Gasteiger partial charge in [-0.15, -0.1) is 0 Å². The number of rotatable bonds is 5. The second-order valence-corrected chi connectivity index (χ2v) is 8.95. The van der Waals surface area contributed by atoms with Gasteiger partial charge in [-0.2, -0.15) is 0 Å². The van der Waals surface area contributed by atoms with Crippen LogP contribution in [0.3, 0.4) is 0 Å². The van der Waals surface area contributed by atoms with Crippen LogP contribution in [0.4, 0.5) is 0 Å². The Hall–Kier alpha value is -1.59. The molecule has 1 aromatic carbocycles. The molecule has 0 radical (unpaired) electrons. The van der Waals surface area contributed by atoms with Crippen LogP contribution in [0.1, 0.15) is 63.7 Å². The highest BCUT2D eigenvalue weighted by molar-refractivity contribution is 5.94. The lowest BCUT2D eigenvalue weighted by Gasteiger charge is -2.46. The van der Waals surface area contributed by atoms with E-state index < -0.39 is 0 Å². The van der Waals surface area contributed by atoms with E-state index in [0.717, 1.165) is 38.0 Å². The molecule has 2 fully saturated rings. The number of amides is 1. The van der Waals surface area contributed by atoms with E-state index in [4.69, 9.17) is 9.47 Å². The summed E-state index contributed by atoms with van der Waals surface area (Å²) in [4.78, 5) is 12.7. The van der Waals surface area contributed by atoms with Crippen molar-refractivity contribution in [3.05, 3.63) is 29.8 Å². The number of hydrogen-bond donors (Lipinski definition) is 2. The third kappa shape index (κ3) is 5.21. The monoisotopic (exact) mass is 360 g/mol. The van der Waals surface area contributed by atoms with Crippen LogP contribution in [-0.4, -0.2) is 42.3 Å². The van der Waals surface area contributed by atoms with E-state index in [1.165, 1.54) is 0 Å². The Morgan fingerprint density at radius 3 is 2.65 bits per heavy atom. The second-order valence-electron chi connectivity index (χ2n) is 8.95. The molecule has 3 rings (SSSR count). The lowest BCUT2D eigenvalue weighted by molar-refractivity contribution is 0.0679. The minimum atomic E-state index is -0.0360. The Morgan fingerprint density at radius 1 is 1.27 bits per heavy atom. The predicted octanol–water partition coefficient (Wildman–Crippen LogP) is 3.28. The second kappa shape index (κ2) is 7.57. The number of ether oxygens (including phenoxy) is 2. The van der Waals surface area contributed by atoms with Gasteiger partial charge in [-0.1, -0.05) is 6.07 Å². The van der Waals surface area contributed by atoms with Gasteiger partial charge in [0.2, 0.25) is 0 Å². The Morgan fingerprint density at radius 2 is 2.00 bits per heavy atom. The van der Waals surface area contributed by atoms with E-state index in [0.29, 0.717) is 12.2 Å². The molecule has 5 nitrogen and oxygen atoms in total. The van der Waals surface area contributed by atoms with Crippen molar-refractivity contribution in [1.29, 1.82) is 0 Å². The molecule has 2 saturated heterocycles. The molecule has 0 spiro atoms. The molecule has 1 aromatic rings. The number of carbonyl (C=O) groups is 1. The summed E-state index contributed by atoms with van der Waals surface area (Å²) in [5, 5.41) is 6.86. The third-order valence-corrected chi connectivity index (χ3v) is 5.08. The van der Waals surface area contributed by atoms with Gasteiger partial charge in [-0.25, -0.2) is 0 Å². The van der Waals surface area contributed by atoms with Crippen LogP contribution in [0.15, 0.2) is 24.3 Å². The topological polar surface area (TPSA) is 59.6 Å². The summed E-state index contributed by atoms with van der Waals surface area (Å²) >= 11 is 0. The Labute approximate surface area is 156 Å². The fourth-order valence-corrected chi connectivity index (χ4v) is 4.39. The number of nitrogens with one attached hydrogen (secondary N) is 2. The maximum absolute atomic E-state index is 12.7. The van der Waals surface area contributed by atoms with E-state index in [1.807, 2.05) is 24.3 Å². The summed E-state index contributed by atoms with van der Waals surface area (Å²) in [7, 11) is 0. The SMILES string of the molecule is CC1(C)CC(NC(=O)c2cccc(OC[C@H]3CCCO3)c2)CC(C)(C)N1. The van der Waals surface area contributed by atoms with Gasteiger partial charge in [0.1, 0.15) is 12.4 Å². The van der Waals surface area contributed by atoms with Crippen LogP contribution >= 0.6 is 0 Å². The highest BCUT2D eigenvalue weighted by atomic mass is 16.5. The summed E-state index contributed by atoms with van der Waals surface area (Å²) in [6.45, 7) is 10.1. The van der Waals surface area contributed by atoms with Gasteiger partial charge in [0.15, 0.2) is 0 Å². The maximum Gasteiger partial charge on any atom is 0.251 e. The molecule has 144 valence electrons. The van der Waals surface area contributed by atoms with Gasteiger partial charge in [0, 0.05) is 29.3 Å². The average Bonchev–Trinajstić information content (AvgIpc) is 3.03. The first-order valence-corrected chi connectivity index (χ1v) is 9.67. The average molecular weight is 360 g/mol. The van der Waals surface area contributed by atoms with Gasteiger partial charge in [-0.3, -0.25) is 4.79 Å². The Balaban J connectivity index is 1.59. The van der Waals surface area contributed by atoms with Crippen LogP contribution in [0.25, 0.3) is 0 Å². The first-order chi connectivity index (χ1) is 12.2. The van der Waals surface area contributed by atoms with Gasteiger partial charge < -0.3 is 20.1 Å². The summed E-state index contributed by atoms with van der Waals surface area (Å²) in [6.07, 6.45) is 4.14. The first-order valence-electron chi connectivity index (χ1n) is 9.67. The number of hydrogen-bond acceptors (Lipinski definition) is 4. The molecule has 0 unspecified atom stereocenters. The molecule has 2 heterocycles. The highest BCUT2D eigenvalue weighted by Crippen LogP contribution is 2.28. The van der Waals surface area contributed by atoms with Crippen LogP contribution in [-0.2, 0) is 4.74 Å². The molecule has 2 N–H and O–H groups in total. The van der Waals surface area contributed by atoms with Crippen molar-refractivity contribution in [2.24, 2.45) is 0 Å². The van der Waals surface area contributed by atoms with Crippen molar-refractivity contribution in [2.75, 3.05) is 13.2 Å². The highest BCUT2D eigenvalue weighted by Gasteiger charge is 2.38. The molecule has 0 saturated carbocycles. The largest absolute Gasteiger partial charge is 0.491 e. The first kappa shape index (κ1) is 19.2. The van der Waals surface area contributed by atoms with Crippen molar-refractivity contribution >= 4 is 5.91 Å². The molecule has 0 aromatic heterocycles. The van der Waals surface area contributed by atoms with Crippen LogP contribution < -0.4 is 15.4 Å². The van der Waals surface area contributed by atoms with E-state index in [-0.39, 0.29) is 29.1 Å². The van der Waals surface area contributed by atoms with Crippen LogP contribution in [0.2, 0.25) is 0 Å². The molecule has 2 aliphatic heterocycles. The van der Waals surface area contributed by atoms with E-state index in [1.54, 1.807) is 0 Å². The smallest absolute Gasteiger partial charge is 0.251 e. The van der Waals surface area contributed by atoms with E-state index >= 15 is 0 Å². The predicted molar refractivity (Wildman–Crippen MR) is 103 cm³/mol. The minimum absolute atomic E-state index is 0.00589. The summed E-state index contributed by atoms with van der Waals surface area (Å²) in [5.41, 5.74) is 0.654. The molecule has 1 atom stereocenters. The van der Waals surface area contributed by atoms with Gasteiger partial charge in [-0.05, 0) is 71.6 Å². The zero-order valence-corrected chi connectivity index (χ0v) is 16.4. The van der Waals surface area contributed by atoms with Crippen molar-refractivity contribution < 1.29 is 14.3 Å². The zero-order valence-electron chi connectivity index (χ0n) is 16.4. The lowest BCUT2D eigenvalue weighted by Crippen LogP contribution is -2.62. The molecule has 0 aliphatic carbocycles. The molecule has 1 amide bonds. The van der Waals surface area contributed by atoms with Crippen molar-refractivity contribution in [1.82, 2.24) is 10.6 Å². The molecule has 0 bridgehead atoms. The Bertz CT molecular complexity index is 620. The van der Waals surface area contributed by atoms with Crippen molar-refractivity contribution in [3.8, 4) is 5.75 Å². The van der Waals surface area contributed by atoms with Gasteiger partial charge in [0.05, 0.1) is 6.10 Å². The number of carbonyl (C=O) groups excluding carboxylic acids is 1. The number of piperidine rings is 1. The van der Waals surface area contributed by atoms with Gasteiger partial charge >= 0.3 is 0 Å². The molecule has 2 aliphatic rings. The summed E-state index contributed by atoms with van der Waals surface area (Å²) in [5.74, 6) is 0.685. The molecule has 26 heavy (non-hydrogen) atoms. The minimum Gasteiger partial charge on any atom is -0.491 e. The zero-order chi connectivity index (χ0) is 18.8. The van der Waals surface area contributed by atoms with Crippen LogP contribution in [0, 0.1) is 0 Å². The van der Waals surface area contributed by atoms with E-state index in [9.17, 15) is 4.79 Å². The third-order valence-electron chi connectivity index (χ3n) is 5.08.